The van der Waals surface area contributed by atoms with E-state index in [-0.39, 0.29) is 12.5 Å². The summed E-state index contributed by atoms with van der Waals surface area (Å²) in [5.74, 6) is 4.72. The Morgan fingerprint density at radius 3 is 2.78 bits per heavy atom. The maximum Gasteiger partial charge on any atom is 0.258 e. The molecule has 0 aliphatic rings. The summed E-state index contributed by atoms with van der Waals surface area (Å²) in [5.41, 5.74) is 3.00. The van der Waals surface area contributed by atoms with Gasteiger partial charge in [-0.2, -0.15) is 0 Å². The second-order valence-electron chi connectivity index (χ2n) is 3.90. The first-order chi connectivity index (χ1) is 8.52. The van der Waals surface area contributed by atoms with Crippen LogP contribution in [0.5, 0.6) is 5.75 Å². The van der Waals surface area contributed by atoms with E-state index in [1.807, 2.05) is 30.5 Å². The van der Waals surface area contributed by atoms with Crippen molar-refractivity contribution in [2.75, 3.05) is 6.61 Å². The molecule has 0 heterocycles. The molecule has 1 aromatic rings. The summed E-state index contributed by atoms with van der Waals surface area (Å²) in [4.78, 5) is 22.5. The first kappa shape index (κ1) is 14.0. The molecule has 0 fully saturated rings. The van der Waals surface area contributed by atoms with Gasteiger partial charge in [-0.3, -0.25) is 15.0 Å². The van der Waals surface area contributed by atoms with E-state index < -0.39 is 11.9 Å². The summed E-state index contributed by atoms with van der Waals surface area (Å²) >= 11 is 0. The predicted octanol–water partition coefficient (Wildman–Crippen LogP) is -0.132. The number of amides is 2. The van der Waals surface area contributed by atoms with Crippen LogP contribution in [0, 0.1) is 6.92 Å². The lowest BCUT2D eigenvalue weighted by molar-refractivity contribution is -0.129. The summed E-state index contributed by atoms with van der Waals surface area (Å²) < 4.78 is 5.29. The van der Waals surface area contributed by atoms with E-state index in [2.05, 4.69) is 5.32 Å². The number of carbonyl (C=O) groups excluding carboxylic acids is 2. The molecule has 1 aromatic carbocycles. The summed E-state index contributed by atoms with van der Waals surface area (Å²) in [5, 5.41) is 2.46. The Kier molecular flexibility index (Phi) is 5.13. The molecule has 1 atom stereocenters. The van der Waals surface area contributed by atoms with Crippen molar-refractivity contribution in [3.05, 3.63) is 29.8 Å². The van der Waals surface area contributed by atoms with E-state index in [0.29, 0.717) is 5.75 Å². The van der Waals surface area contributed by atoms with E-state index in [9.17, 15) is 9.59 Å². The number of rotatable bonds is 5. The van der Waals surface area contributed by atoms with Gasteiger partial charge in [0.05, 0.1) is 0 Å². The summed E-state index contributed by atoms with van der Waals surface area (Å²) in [6.07, 6.45) is 0. The highest BCUT2D eigenvalue weighted by Gasteiger charge is 2.14. The van der Waals surface area contributed by atoms with Crippen LogP contribution in [0.3, 0.4) is 0 Å². The summed E-state index contributed by atoms with van der Waals surface area (Å²) in [6.45, 7) is 3.32. The van der Waals surface area contributed by atoms with Crippen LogP contribution in [0.4, 0.5) is 0 Å². The maximum atomic E-state index is 11.5. The van der Waals surface area contributed by atoms with Crippen LogP contribution in [0.15, 0.2) is 24.3 Å². The van der Waals surface area contributed by atoms with E-state index in [0.717, 1.165) is 5.56 Å². The SMILES string of the molecule is Cc1cccc(OCC(=O)NC(C)C(=O)NN)c1. The zero-order valence-corrected chi connectivity index (χ0v) is 10.4. The number of nitrogens with two attached hydrogens (primary N) is 1. The molecule has 0 radical (unpaired) electrons. The van der Waals surface area contributed by atoms with Crippen molar-refractivity contribution in [3.8, 4) is 5.75 Å². The van der Waals surface area contributed by atoms with Crippen molar-refractivity contribution >= 4 is 11.8 Å². The average molecular weight is 251 g/mol. The lowest BCUT2D eigenvalue weighted by Crippen LogP contribution is -2.48. The molecule has 98 valence electrons. The number of hydrogen-bond acceptors (Lipinski definition) is 4. The van der Waals surface area contributed by atoms with Crippen LogP contribution < -0.4 is 21.3 Å². The van der Waals surface area contributed by atoms with Gasteiger partial charge >= 0.3 is 0 Å². The van der Waals surface area contributed by atoms with Crippen LogP contribution in [0.2, 0.25) is 0 Å². The number of ether oxygens (including phenoxy) is 1. The van der Waals surface area contributed by atoms with Crippen LogP contribution >= 0.6 is 0 Å². The molecule has 0 aliphatic heterocycles. The normalized spacial score (nSPS) is 11.5. The quantitative estimate of drug-likeness (QED) is 0.386. The zero-order valence-electron chi connectivity index (χ0n) is 10.4. The summed E-state index contributed by atoms with van der Waals surface area (Å²) in [7, 11) is 0. The van der Waals surface area contributed by atoms with Gasteiger partial charge in [0.25, 0.3) is 11.8 Å². The number of hydrogen-bond donors (Lipinski definition) is 3. The van der Waals surface area contributed by atoms with Crippen molar-refractivity contribution in [2.45, 2.75) is 19.9 Å². The molecule has 0 saturated heterocycles. The third-order valence-corrected chi connectivity index (χ3v) is 2.27. The van der Waals surface area contributed by atoms with Gasteiger partial charge < -0.3 is 10.1 Å². The largest absolute Gasteiger partial charge is 0.484 e. The van der Waals surface area contributed by atoms with Gasteiger partial charge in [0.2, 0.25) is 0 Å². The van der Waals surface area contributed by atoms with Crippen LogP contribution in [0.25, 0.3) is 0 Å². The molecule has 0 bridgehead atoms. The fourth-order valence-electron chi connectivity index (χ4n) is 1.33. The number of aryl methyl sites for hydroxylation is 1. The molecule has 6 nitrogen and oxygen atoms in total. The smallest absolute Gasteiger partial charge is 0.258 e. The molecule has 0 aromatic heterocycles. The zero-order chi connectivity index (χ0) is 13.5. The Morgan fingerprint density at radius 2 is 2.17 bits per heavy atom. The minimum absolute atomic E-state index is 0.147. The van der Waals surface area contributed by atoms with E-state index >= 15 is 0 Å². The van der Waals surface area contributed by atoms with Crippen LogP contribution in [0.1, 0.15) is 12.5 Å². The fourth-order valence-corrected chi connectivity index (χ4v) is 1.33. The number of nitrogens with one attached hydrogen (secondary N) is 2. The Labute approximate surface area is 105 Å². The van der Waals surface area contributed by atoms with Crippen molar-refractivity contribution in [1.29, 1.82) is 0 Å². The number of hydrazine groups is 1. The standard InChI is InChI=1S/C12H17N3O3/c1-8-4-3-5-10(6-8)18-7-11(16)14-9(2)12(17)15-13/h3-6,9H,7,13H2,1-2H3,(H,14,16)(H,15,17). The first-order valence-corrected chi connectivity index (χ1v) is 5.52. The maximum absolute atomic E-state index is 11.5. The van der Waals surface area contributed by atoms with Crippen LogP contribution in [-0.2, 0) is 9.59 Å². The second kappa shape index (κ2) is 6.61. The van der Waals surface area contributed by atoms with Gasteiger partial charge in [-0.25, -0.2) is 5.84 Å². The Balaban J connectivity index is 2.40. The van der Waals surface area contributed by atoms with Crippen LogP contribution in [-0.4, -0.2) is 24.5 Å². The molecule has 4 N–H and O–H groups in total. The number of benzene rings is 1. The fraction of sp³-hybridized carbons (Fsp3) is 0.333. The molecular formula is C12H17N3O3. The van der Waals surface area contributed by atoms with Gasteiger partial charge in [-0.1, -0.05) is 12.1 Å². The molecular weight excluding hydrogens is 234 g/mol. The van der Waals surface area contributed by atoms with Crippen molar-refractivity contribution < 1.29 is 14.3 Å². The third-order valence-electron chi connectivity index (χ3n) is 2.27. The Hall–Kier alpha value is -2.08. The van der Waals surface area contributed by atoms with Gasteiger partial charge in [0.1, 0.15) is 11.8 Å². The molecule has 6 heteroatoms. The Bertz CT molecular complexity index is 434. The van der Waals surface area contributed by atoms with E-state index in [1.165, 1.54) is 6.92 Å². The molecule has 2 amide bonds. The van der Waals surface area contributed by atoms with Gasteiger partial charge in [0.15, 0.2) is 6.61 Å². The van der Waals surface area contributed by atoms with Gasteiger partial charge in [0, 0.05) is 0 Å². The monoisotopic (exact) mass is 251 g/mol. The first-order valence-electron chi connectivity index (χ1n) is 5.52. The van der Waals surface area contributed by atoms with Crippen molar-refractivity contribution in [3.63, 3.8) is 0 Å². The minimum Gasteiger partial charge on any atom is -0.484 e. The third kappa shape index (κ3) is 4.42. The topological polar surface area (TPSA) is 93.4 Å². The number of carbonyl (C=O) groups is 2. The second-order valence-corrected chi connectivity index (χ2v) is 3.90. The summed E-state index contributed by atoms with van der Waals surface area (Å²) in [6, 6.07) is 6.66. The molecule has 0 spiro atoms. The van der Waals surface area contributed by atoms with Crippen molar-refractivity contribution in [2.24, 2.45) is 5.84 Å². The molecule has 1 rings (SSSR count). The molecule has 0 aliphatic carbocycles. The minimum atomic E-state index is -0.691. The highest BCUT2D eigenvalue weighted by Crippen LogP contribution is 2.11. The average Bonchev–Trinajstić information content (AvgIpc) is 2.35. The van der Waals surface area contributed by atoms with Gasteiger partial charge in [-0.05, 0) is 31.5 Å². The molecule has 0 saturated carbocycles. The molecule has 1 unspecified atom stereocenters. The Morgan fingerprint density at radius 1 is 1.44 bits per heavy atom. The lowest BCUT2D eigenvalue weighted by atomic mass is 10.2. The van der Waals surface area contributed by atoms with Crippen molar-refractivity contribution in [1.82, 2.24) is 10.7 Å². The highest BCUT2D eigenvalue weighted by atomic mass is 16.5. The van der Waals surface area contributed by atoms with E-state index in [4.69, 9.17) is 10.6 Å². The predicted molar refractivity (Wildman–Crippen MR) is 66.6 cm³/mol. The van der Waals surface area contributed by atoms with E-state index in [1.54, 1.807) is 6.07 Å². The lowest BCUT2D eigenvalue weighted by Gasteiger charge is -2.12. The molecule has 18 heavy (non-hydrogen) atoms. The highest BCUT2D eigenvalue weighted by molar-refractivity contribution is 5.87. The van der Waals surface area contributed by atoms with Gasteiger partial charge in [-0.15, -0.1) is 0 Å².